The summed E-state index contributed by atoms with van der Waals surface area (Å²) in [5.74, 6) is 1.69. The van der Waals surface area contributed by atoms with Gasteiger partial charge in [0, 0.05) is 0 Å². The van der Waals surface area contributed by atoms with Crippen molar-refractivity contribution in [1.82, 2.24) is 0 Å². The van der Waals surface area contributed by atoms with Crippen LogP contribution in [0.5, 0.6) is 5.75 Å². The van der Waals surface area contributed by atoms with Gasteiger partial charge in [-0.1, -0.05) is 0 Å². The molecule has 0 saturated heterocycles. The number of hydrogen-bond donors (Lipinski definition) is 0. The molecular formula is C25H30ClNO3Sn. The molecule has 2 aromatic rings. The number of rotatable bonds is 9. The fraction of sp³-hybridized carbons (Fsp3) is 0.360. The Labute approximate surface area is 193 Å². The summed E-state index contributed by atoms with van der Waals surface area (Å²) in [6.07, 6.45) is 0.664. The van der Waals surface area contributed by atoms with Crippen LogP contribution in [0.25, 0.3) is 5.76 Å². The first kappa shape index (κ1) is 23.9. The molecule has 0 heterocycles. The Kier molecular flexibility index (Phi) is 7.87. The number of carbonyl (C=O) groups is 1. The minimum absolute atomic E-state index is 0.0315. The third-order valence-electron chi connectivity index (χ3n) is 5.44. The molecule has 1 aliphatic rings. The summed E-state index contributed by atoms with van der Waals surface area (Å²) in [6.45, 7) is 8.41. The van der Waals surface area contributed by atoms with E-state index < -0.39 is 17.7 Å². The van der Waals surface area contributed by atoms with Crippen molar-refractivity contribution in [3.05, 3.63) is 65.2 Å². The van der Waals surface area contributed by atoms with Crippen LogP contribution >= 0.6 is 8.92 Å². The molecule has 0 bridgehead atoms. The van der Waals surface area contributed by atoms with Crippen LogP contribution in [0.3, 0.4) is 0 Å². The summed E-state index contributed by atoms with van der Waals surface area (Å²) < 4.78 is 13.5. The molecule has 164 valence electrons. The number of benzene rings is 2. The Balaban J connectivity index is 2.18. The maximum absolute atomic E-state index is 13.5. The van der Waals surface area contributed by atoms with Crippen LogP contribution in [0.1, 0.15) is 50.0 Å². The Morgan fingerprint density at radius 1 is 1.03 bits per heavy atom. The normalized spacial score (nSPS) is 14.3. The number of carbonyl (C=O) groups excluding carboxylic acids is 1. The molecule has 0 amide bonds. The monoisotopic (exact) mass is 547 g/mol. The maximum atomic E-state index is 13.5. The molecule has 0 N–H and O–H groups in total. The summed E-state index contributed by atoms with van der Waals surface area (Å²) in [4.78, 5) is 18.4. The molecule has 3 rings (SSSR count). The molecule has 0 aromatic heterocycles. The zero-order valence-corrected chi connectivity index (χ0v) is 22.5. The molecular weight excluding hydrogens is 516 g/mol. The van der Waals surface area contributed by atoms with Gasteiger partial charge in [0.25, 0.3) is 0 Å². The Bertz CT molecular complexity index is 1010. The zero-order valence-electron chi connectivity index (χ0n) is 18.9. The van der Waals surface area contributed by atoms with Crippen molar-refractivity contribution in [2.75, 3.05) is 7.11 Å². The predicted molar refractivity (Wildman–Crippen MR) is 131 cm³/mol. The molecule has 0 saturated carbocycles. The van der Waals surface area contributed by atoms with Gasteiger partial charge in [0.15, 0.2) is 0 Å². The van der Waals surface area contributed by atoms with E-state index in [1.165, 1.54) is 0 Å². The number of ketones is 1. The molecule has 0 spiro atoms. The average molecular weight is 547 g/mol. The standard InChI is InChI=1S/C21H21NO3.2C2H5.ClH.Sn/c1-13(2)12-18(22-14-8-10-15(25-3)11-9-14)19-20(23)16-6-4-5-7-17(16)21(19)24;2*1-2;;/h4-11,13,23H,12H2,1-3H3;2*1H2,2H3;1H;/q;;;;+2/p-2. The number of methoxy groups -OCH3 is 1. The van der Waals surface area contributed by atoms with Crippen molar-refractivity contribution in [2.24, 2.45) is 10.9 Å². The van der Waals surface area contributed by atoms with Crippen LogP contribution in [0, 0.1) is 5.92 Å². The first-order valence-corrected chi connectivity index (χ1v) is 19.6. The van der Waals surface area contributed by atoms with E-state index in [9.17, 15) is 4.79 Å². The van der Waals surface area contributed by atoms with E-state index in [2.05, 4.69) is 27.7 Å². The van der Waals surface area contributed by atoms with Gasteiger partial charge in [0.1, 0.15) is 0 Å². The summed E-state index contributed by atoms with van der Waals surface area (Å²) in [5, 5.41) is 0. The third kappa shape index (κ3) is 5.35. The molecule has 0 fully saturated rings. The molecule has 31 heavy (non-hydrogen) atoms. The molecule has 0 unspecified atom stereocenters. The van der Waals surface area contributed by atoms with Gasteiger partial charge in [-0.05, 0) is 0 Å². The van der Waals surface area contributed by atoms with Gasteiger partial charge in [0.05, 0.1) is 0 Å². The molecule has 4 nitrogen and oxygen atoms in total. The van der Waals surface area contributed by atoms with Crippen LogP contribution in [0.15, 0.2) is 59.1 Å². The molecule has 0 aliphatic heterocycles. The van der Waals surface area contributed by atoms with Gasteiger partial charge >= 0.3 is 194 Å². The van der Waals surface area contributed by atoms with E-state index in [0.717, 1.165) is 31.6 Å². The molecule has 6 heteroatoms. The predicted octanol–water partition coefficient (Wildman–Crippen LogP) is 7.16. The van der Waals surface area contributed by atoms with Crippen molar-refractivity contribution < 1.29 is 12.6 Å². The first-order chi connectivity index (χ1) is 14.8. The second-order valence-electron chi connectivity index (χ2n) is 8.13. The third-order valence-corrected chi connectivity index (χ3v) is 17.2. The molecule has 0 atom stereocenters. The summed E-state index contributed by atoms with van der Waals surface area (Å²) in [6, 6.07) is 15.2. The molecule has 1 aliphatic carbocycles. The SMILES string of the molecule is C[CH2][Sn]([Cl])([CH2]C)[O]C1=C(C(CC(C)C)=Nc2ccc(OC)cc2)C(=O)c2ccccc21. The number of ether oxygens (including phenoxy) is 1. The second kappa shape index (κ2) is 10.2. The second-order valence-corrected chi connectivity index (χ2v) is 22.4. The summed E-state index contributed by atoms with van der Waals surface area (Å²) in [5.41, 5.74) is 3.58. The summed E-state index contributed by atoms with van der Waals surface area (Å²) >= 11 is -3.34. The van der Waals surface area contributed by atoms with E-state index in [1.807, 2.05) is 48.5 Å². The number of allylic oxidation sites excluding steroid dienone is 1. The van der Waals surface area contributed by atoms with Crippen LogP contribution in [0.4, 0.5) is 5.69 Å². The minimum atomic E-state index is -3.34. The first-order valence-electron chi connectivity index (χ1n) is 10.8. The molecule has 2 aromatic carbocycles. The Morgan fingerprint density at radius 2 is 1.65 bits per heavy atom. The average Bonchev–Trinajstić information content (AvgIpc) is 3.05. The van der Waals surface area contributed by atoms with Crippen molar-refractivity contribution in [1.29, 1.82) is 0 Å². The van der Waals surface area contributed by atoms with Crippen LogP contribution in [-0.4, -0.2) is 36.3 Å². The number of halogens is 1. The zero-order chi connectivity index (χ0) is 22.6. The fourth-order valence-corrected chi connectivity index (χ4v) is 8.02. The van der Waals surface area contributed by atoms with Gasteiger partial charge in [-0.2, -0.15) is 0 Å². The van der Waals surface area contributed by atoms with Crippen molar-refractivity contribution in [2.45, 2.75) is 43.0 Å². The summed E-state index contributed by atoms with van der Waals surface area (Å²) in [7, 11) is 8.60. The van der Waals surface area contributed by atoms with E-state index in [0.29, 0.717) is 29.2 Å². The topological polar surface area (TPSA) is 47.9 Å². The van der Waals surface area contributed by atoms with Crippen molar-refractivity contribution in [3.63, 3.8) is 0 Å². The van der Waals surface area contributed by atoms with E-state index >= 15 is 0 Å². The van der Waals surface area contributed by atoms with Gasteiger partial charge in [-0.15, -0.1) is 0 Å². The number of Topliss-reactive ketones (excluding diaryl/α,β-unsaturated/α-hetero) is 1. The Morgan fingerprint density at radius 3 is 2.19 bits per heavy atom. The number of aliphatic imine (C=N–C) groups is 1. The van der Waals surface area contributed by atoms with Gasteiger partial charge < -0.3 is 0 Å². The quantitative estimate of drug-likeness (QED) is 0.248. The Hall–Kier alpha value is -1.79. The van der Waals surface area contributed by atoms with Crippen molar-refractivity contribution >= 4 is 49.5 Å². The van der Waals surface area contributed by atoms with E-state index in [1.54, 1.807) is 7.11 Å². The van der Waals surface area contributed by atoms with Crippen molar-refractivity contribution in [3.8, 4) is 5.75 Å². The van der Waals surface area contributed by atoms with Gasteiger partial charge in [-0.3, -0.25) is 0 Å². The number of fused-ring (bicyclic) bond motifs is 1. The van der Waals surface area contributed by atoms with Gasteiger partial charge in [-0.25, -0.2) is 0 Å². The number of nitrogens with zero attached hydrogens (tertiary/aromatic N) is 1. The van der Waals surface area contributed by atoms with E-state index in [4.69, 9.17) is 21.7 Å². The fourth-order valence-electron chi connectivity index (χ4n) is 3.60. The number of hydrogen-bond acceptors (Lipinski definition) is 4. The van der Waals surface area contributed by atoms with E-state index in [-0.39, 0.29) is 5.78 Å². The van der Waals surface area contributed by atoms with Crippen LogP contribution in [-0.2, 0) is 3.07 Å². The molecule has 0 radical (unpaired) electrons. The van der Waals surface area contributed by atoms with Crippen LogP contribution in [0.2, 0.25) is 8.87 Å². The van der Waals surface area contributed by atoms with Crippen LogP contribution < -0.4 is 4.74 Å². The van der Waals surface area contributed by atoms with Gasteiger partial charge in [0.2, 0.25) is 0 Å².